The van der Waals surface area contributed by atoms with Gasteiger partial charge in [-0.1, -0.05) is 29.8 Å². The first kappa shape index (κ1) is 20.2. The van der Waals surface area contributed by atoms with Gasteiger partial charge in [-0.05, 0) is 31.5 Å². The van der Waals surface area contributed by atoms with E-state index in [0.29, 0.717) is 30.3 Å². The summed E-state index contributed by atoms with van der Waals surface area (Å²) in [5, 5.41) is 2.78. The Labute approximate surface area is 165 Å². The molecule has 28 heavy (non-hydrogen) atoms. The van der Waals surface area contributed by atoms with Crippen LogP contribution in [0.15, 0.2) is 41.3 Å². The highest BCUT2D eigenvalue weighted by atomic mass is 32.2. The van der Waals surface area contributed by atoms with Gasteiger partial charge < -0.3 is 14.8 Å². The summed E-state index contributed by atoms with van der Waals surface area (Å²) in [6.07, 6.45) is 0.0382. The quantitative estimate of drug-likeness (QED) is 0.737. The molecule has 0 radical (unpaired) electrons. The zero-order chi connectivity index (χ0) is 20.1. The minimum absolute atomic E-state index is 0.0218. The van der Waals surface area contributed by atoms with E-state index < -0.39 is 10.0 Å². The van der Waals surface area contributed by atoms with Crippen LogP contribution in [0.25, 0.3) is 0 Å². The van der Waals surface area contributed by atoms with Gasteiger partial charge in [0, 0.05) is 25.1 Å². The zero-order valence-electron chi connectivity index (χ0n) is 15.9. The highest BCUT2D eigenvalue weighted by molar-refractivity contribution is 7.89. The lowest BCUT2D eigenvalue weighted by atomic mass is 10.1. The Kier molecular flexibility index (Phi) is 6.21. The number of benzene rings is 2. The average molecular weight is 404 g/mol. The molecule has 0 bridgehead atoms. The molecule has 8 heteroatoms. The van der Waals surface area contributed by atoms with Crippen molar-refractivity contribution in [3.63, 3.8) is 0 Å². The molecule has 0 atom stereocenters. The minimum Gasteiger partial charge on any atom is -0.486 e. The number of carbonyl (C=O) groups excluding carboxylic acids is 1. The Bertz CT molecular complexity index is 973. The molecule has 0 aliphatic carbocycles. The third-order valence-corrected chi connectivity index (χ3v) is 6.01. The molecular formula is C20H24N2O5S. The average Bonchev–Trinajstić information content (AvgIpc) is 2.66. The van der Waals surface area contributed by atoms with Gasteiger partial charge in [-0.2, -0.15) is 0 Å². The maximum absolute atomic E-state index is 12.4. The molecule has 150 valence electrons. The molecule has 1 heterocycles. The Morgan fingerprint density at radius 2 is 1.89 bits per heavy atom. The van der Waals surface area contributed by atoms with Crippen LogP contribution < -0.4 is 19.5 Å². The first-order valence-corrected chi connectivity index (χ1v) is 10.6. The van der Waals surface area contributed by atoms with Gasteiger partial charge in [0.05, 0.1) is 4.90 Å². The van der Waals surface area contributed by atoms with Crippen molar-refractivity contribution in [3.05, 3.63) is 53.1 Å². The summed E-state index contributed by atoms with van der Waals surface area (Å²) in [6, 6.07) is 10.7. The SMILES string of the molecule is Cc1ccc(S(=O)(=O)NCCC(=O)NCc2cccc3c2OCCO3)c(C)c1. The van der Waals surface area contributed by atoms with Crippen molar-refractivity contribution in [1.82, 2.24) is 10.0 Å². The molecule has 0 spiro atoms. The summed E-state index contributed by atoms with van der Waals surface area (Å²) in [4.78, 5) is 12.3. The number of sulfonamides is 1. The van der Waals surface area contributed by atoms with E-state index in [2.05, 4.69) is 10.0 Å². The lowest BCUT2D eigenvalue weighted by molar-refractivity contribution is -0.121. The van der Waals surface area contributed by atoms with E-state index in [0.717, 1.165) is 11.1 Å². The second-order valence-electron chi connectivity index (χ2n) is 6.63. The van der Waals surface area contributed by atoms with Gasteiger partial charge in [-0.3, -0.25) is 4.79 Å². The molecule has 2 N–H and O–H groups in total. The summed E-state index contributed by atoms with van der Waals surface area (Å²) in [6.45, 7) is 4.94. The number of nitrogens with one attached hydrogen (secondary N) is 2. The van der Waals surface area contributed by atoms with Crippen LogP contribution in [0.1, 0.15) is 23.1 Å². The zero-order valence-corrected chi connectivity index (χ0v) is 16.8. The van der Waals surface area contributed by atoms with E-state index in [-0.39, 0.29) is 30.3 Å². The standard InChI is InChI=1S/C20H24N2O5S/c1-14-6-7-18(15(2)12-14)28(24,25)22-9-8-19(23)21-13-16-4-3-5-17-20(16)27-11-10-26-17/h3-7,12,22H,8-11,13H2,1-2H3,(H,21,23). The van der Waals surface area contributed by atoms with Crippen molar-refractivity contribution < 1.29 is 22.7 Å². The van der Waals surface area contributed by atoms with Crippen molar-refractivity contribution >= 4 is 15.9 Å². The lowest BCUT2D eigenvalue weighted by Gasteiger charge is -2.21. The van der Waals surface area contributed by atoms with Crippen LogP contribution in [0.4, 0.5) is 0 Å². The maximum atomic E-state index is 12.4. The first-order chi connectivity index (χ1) is 13.4. The molecule has 0 saturated carbocycles. The molecule has 1 amide bonds. The smallest absolute Gasteiger partial charge is 0.240 e. The van der Waals surface area contributed by atoms with Crippen LogP contribution in [0.3, 0.4) is 0 Å². The van der Waals surface area contributed by atoms with Gasteiger partial charge in [0.2, 0.25) is 15.9 Å². The number of hydrogen-bond donors (Lipinski definition) is 2. The van der Waals surface area contributed by atoms with Crippen molar-refractivity contribution in [3.8, 4) is 11.5 Å². The number of rotatable bonds is 7. The van der Waals surface area contributed by atoms with E-state index in [1.54, 1.807) is 19.1 Å². The number of hydrogen-bond acceptors (Lipinski definition) is 5. The molecule has 0 saturated heterocycles. The number of para-hydroxylation sites is 1. The molecule has 1 aliphatic heterocycles. The van der Waals surface area contributed by atoms with Crippen LogP contribution in [-0.2, 0) is 21.4 Å². The molecule has 2 aromatic rings. The van der Waals surface area contributed by atoms with Crippen LogP contribution in [0.2, 0.25) is 0 Å². The largest absolute Gasteiger partial charge is 0.486 e. The summed E-state index contributed by atoms with van der Waals surface area (Å²) in [5.74, 6) is 1.06. The highest BCUT2D eigenvalue weighted by Crippen LogP contribution is 2.33. The van der Waals surface area contributed by atoms with Gasteiger partial charge in [0.1, 0.15) is 13.2 Å². The maximum Gasteiger partial charge on any atom is 0.240 e. The normalized spacial score (nSPS) is 13.2. The van der Waals surface area contributed by atoms with E-state index in [4.69, 9.17) is 9.47 Å². The predicted octanol–water partition coefficient (Wildman–Crippen LogP) is 2.06. The number of carbonyl (C=O) groups is 1. The number of aryl methyl sites for hydroxylation is 2. The summed E-state index contributed by atoms with van der Waals surface area (Å²) < 4.78 is 38.4. The highest BCUT2D eigenvalue weighted by Gasteiger charge is 2.18. The van der Waals surface area contributed by atoms with Crippen LogP contribution in [0.5, 0.6) is 11.5 Å². The molecule has 0 fully saturated rings. The van der Waals surface area contributed by atoms with Gasteiger partial charge in [0.15, 0.2) is 11.5 Å². The molecule has 0 unspecified atom stereocenters. The number of amides is 1. The Balaban J connectivity index is 1.51. The van der Waals surface area contributed by atoms with Crippen molar-refractivity contribution in [1.29, 1.82) is 0 Å². The Morgan fingerprint density at radius 3 is 2.68 bits per heavy atom. The van der Waals surface area contributed by atoms with Crippen LogP contribution in [-0.4, -0.2) is 34.1 Å². The van der Waals surface area contributed by atoms with Gasteiger partial charge in [-0.25, -0.2) is 13.1 Å². The van der Waals surface area contributed by atoms with Gasteiger partial charge >= 0.3 is 0 Å². The number of ether oxygens (including phenoxy) is 2. The van der Waals surface area contributed by atoms with Crippen molar-refractivity contribution in [2.75, 3.05) is 19.8 Å². The molecule has 0 aromatic heterocycles. The third-order valence-electron chi connectivity index (χ3n) is 4.39. The summed E-state index contributed by atoms with van der Waals surface area (Å²) >= 11 is 0. The minimum atomic E-state index is -3.65. The van der Waals surface area contributed by atoms with Gasteiger partial charge in [-0.15, -0.1) is 0 Å². The van der Waals surface area contributed by atoms with Gasteiger partial charge in [0.25, 0.3) is 0 Å². The molecule has 3 rings (SSSR count). The Morgan fingerprint density at radius 1 is 1.11 bits per heavy atom. The fraction of sp³-hybridized carbons (Fsp3) is 0.350. The van der Waals surface area contributed by atoms with E-state index in [1.165, 1.54) is 0 Å². The fourth-order valence-corrected chi connectivity index (χ4v) is 4.29. The predicted molar refractivity (Wildman–Crippen MR) is 105 cm³/mol. The Hall–Kier alpha value is -2.58. The van der Waals surface area contributed by atoms with Crippen LogP contribution in [0, 0.1) is 13.8 Å². The topological polar surface area (TPSA) is 93.7 Å². The molecule has 1 aliphatic rings. The fourth-order valence-electron chi connectivity index (χ4n) is 3.03. The third kappa shape index (κ3) is 4.82. The molecular weight excluding hydrogens is 380 g/mol. The first-order valence-electron chi connectivity index (χ1n) is 9.08. The lowest BCUT2D eigenvalue weighted by Crippen LogP contribution is -2.31. The number of fused-ring (bicyclic) bond motifs is 1. The molecule has 7 nitrogen and oxygen atoms in total. The van der Waals surface area contributed by atoms with Crippen LogP contribution >= 0.6 is 0 Å². The second-order valence-corrected chi connectivity index (χ2v) is 8.37. The van der Waals surface area contributed by atoms with Crippen molar-refractivity contribution in [2.24, 2.45) is 0 Å². The summed E-state index contributed by atoms with van der Waals surface area (Å²) in [5.41, 5.74) is 2.49. The summed E-state index contributed by atoms with van der Waals surface area (Å²) in [7, 11) is -3.65. The monoisotopic (exact) mass is 404 g/mol. The molecule has 2 aromatic carbocycles. The van der Waals surface area contributed by atoms with E-state index in [9.17, 15) is 13.2 Å². The second kappa shape index (κ2) is 8.62. The van der Waals surface area contributed by atoms with Crippen molar-refractivity contribution in [2.45, 2.75) is 31.7 Å². The van der Waals surface area contributed by atoms with E-state index in [1.807, 2.05) is 31.2 Å². The van der Waals surface area contributed by atoms with E-state index >= 15 is 0 Å².